The third-order valence-electron chi connectivity index (χ3n) is 11.0. The lowest BCUT2D eigenvalue weighted by Gasteiger charge is -2.30. The Morgan fingerprint density at radius 2 is 0.951 bits per heavy atom. The minimum Gasteiger partial charge on any atom is -0.368 e. The van der Waals surface area contributed by atoms with Crippen molar-refractivity contribution in [2.24, 2.45) is 0 Å². The topological polar surface area (TPSA) is 192 Å². The van der Waals surface area contributed by atoms with Crippen LogP contribution < -0.4 is 25.2 Å². The number of benzene rings is 4. The highest BCUT2D eigenvalue weighted by Gasteiger charge is 2.30. The summed E-state index contributed by atoms with van der Waals surface area (Å²) >= 11 is 0. The van der Waals surface area contributed by atoms with Crippen LogP contribution in [0.1, 0.15) is 12.8 Å². The van der Waals surface area contributed by atoms with Gasteiger partial charge in [0.05, 0.1) is 30.6 Å². The van der Waals surface area contributed by atoms with Gasteiger partial charge in [-0.25, -0.2) is 50.6 Å². The van der Waals surface area contributed by atoms with Crippen molar-refractivity contribution in [2.45, 2.75) is 38.5 Å². The van der Waals surface area contributed by atoms with Gasteiger partial charge in [-0.05, 0) is 85.6 Å². The van der Waals surface area contributed by atoms with Crippen LogP contribution in [0.4, 0.5) is 11.4 Å². The van der Waals surface area contributed by atoms with Crippen LogP contribution in [0.2, 0.25) is 0 Å². The maximum Gasteiger partial charge on any atom is 0.268 e. The van der Waals surface area contributed by atoms with Gasteiger partial charge in [-0.2, -0.15) is 0 Å². The molecule has 9 rings (SSSR count). The van der Waals surface area contributed by atoms with Crippen molar-refractivity contribution in [3.8, 4) is 0 Å². The lowest BCUT2D eigenvalue weighted by Crippen LogP contribution is -2.43. The second-order valence-electron chi connectivity index (χ2n) is 15.3. The summed E-state index contributed by atoms with van der Waals surface area (Å²) in [5.74, 6) is 0. The molecule has 0 atom stereocenters. The molecule has 2 aliphatic heterocycles. The van der Waals surface area contributed by atoms with Gasteiger partial charge in [0, 0.05) is 107 Å². The Hall–Kier alpha value is -4.80. The van der Waals surface area contributed by atoms with Crippen molar-refractivity contribution >= 4 is 73.3 Å². The van der Waals surface area contributed by atoms with E-state index >= 15 is 0 Å². The molecule has 0 bridgehead atoms. The minimum atomic E-state index is -3.98. The number of hydrogen-bond acceptors (Lipinski definition) is 12. The lowest BCUT2D eigenvalue weighted by atomic mass is 10.2. The molecule has 4 aromatic carbocycles. The van der Waals surface area contributed by atoms with Gasteiger partial charge in [-0.15, -0.1) is 0 Å². The number of anilines is 2. The number of hydrogen-bond donors (Lipinski definition) is 3. The zero-order chi connectivity index (χ0) is 43.2. The van der Waals surface area contributed by atoms with Crippen molar-refractivity contribution in [1.82, 2.24) is 27.6 Å². The molecule has 4 heterocycles. The number of nitrogens with zero attached hydrogens (tertiary/aromatic N) is 5. The molecule has 0 unspecified atom stereocenters. The molecule has 3 fully saturated rings. The molecule has 3 aliphatic rings. The molecular weight excluding hydrogens is 861 g/mol. The first-order valence-electron chi connectivity index (χ1n) is 19.9. The van der Waals surface area contributed by atoms with E-state index in [2.05, 4.69) is 25.2 Å². The summed E-state index contributed by atoms with van der Waals surface area (Å²) in [4.78, 5) is 4.24. The van der Waals surface area contributed by atoms with Crippen LogP contribution >= 0.6 is 0 Å². The van der Waals surface area contributed by atoms with Crippen molar-refractivity contribution < 1.29 is 33.7 Å². The number of nitrogens with one attached hydrogen (secondary N) is 3. The van der Waals surface area contributed by atoms with E-state index in [9.17, 15) is 33.7 Å². The van der Waals surface area contributed by atoms with Crippen molar-refractivity contribution in [3.05, 3.63) is 109 Å². The van der Waals surface area contributed by atoms with Crippen molar-refractivity contribution in [2.75, 3.05) is 76.3 Å². The van der Waals surface area contributed by atoms with Gasteiger partial charge in [0.1, 0.15) is 0 Å². The molecule has 16 nitrogen and oxygen atoms in total. The fourth-order valence-electron chi connectivity index (χ4n) is 7.56. The number of aromatic nitrogens is 2. The summed E-state index contributed by atoms with van der Waals surface area (Å²) < 4.78 is 110. The molecule has 61 heavy (non-hydrogen) atoms. The third kappa shape index (κ3) is 8.55. The fraction of sp³-hybridized carbons (Fsp3) is 0.317. The number of piperazine rings is 2. The summed E-state index contributed by atoms with van der Waals surface area (Å²) in [5, 5.41) is 8.33. The van der Waals surface area contributed by atoms with Gasteiger partial charge in [0.15, 0.2) is 0 Å². The van der Waals surface area contributed by atoms with Gasteiger partial charge in [-0.3, -0.25) is 0 Å². The normalized spacial score (nSPS) is 16.8. The summed E-state index contributed by atoms with van der Waals surface area (Å²) in [6.07, 6.45) is 4.68. The molecule has 1 aliphatic carbocycles. The lowest BCUT2D eigenvalue weighted by molar-refractivity contribution is 0.520. The van der Waals surface area contributed by atoms with E-state index < -0.39 is 40.1 Å². The number of fused-ring (bicyclic) bond motifs is 2. The molecule has 1 saturated carbocycles. The van der Waals surface area contributed by atoms with Crippen molar-refractivity contribution in [1.29, 1.82) is 0 Å². The van der Waals surface area contributed by atoms with E-state index in [4.69, 9.17) is 0 Å². The molecule has 3 N–H and O–H groups in total. The van der Waals surface area contributed by atoms with Crippen LogP contribution in [0.15, 0.2) is 129 Å². The second kappa shape index (κ2) is 16.8. The maximum absolute atomic E-state index is 13.4. The number of rotatable bonds is 11. The molecular formula is C41H48N8O8S4. The Kier molecular flexibility index (Phi) is 11.8. The quantitative estimate of drug-likeness (QED) is 0.172. The molecule has 0 spiro atoms. The van der Waals surface area contributed by atoms with E-state index in [1.54, 1.807) is 24.3 Å². The van der Waals surface area contributed by atoms with Crippen molar-refractivity contribution in [3.63, 3.8) is 0 Å². The average Bonchev–Trinajstić information content (AvgIpc) is 3.76. The Balaban J connectivity index is 0.000000169. The van der Waals surface area contributed by atoms with E-state index in [0.717, 1.165) is 91.7 Å². The zero-order valence-corrected chi connectivity index (χ0v) is 36.9. The van der Waals surface area contributed by atoms with Gasteiger partial charge >= 0.3 is 0 Å². The SMILES string of the molecule is CN(C)S(=O)(=O)c1cccc(S(=O)(=O)n2ccc3c(N4CCNCC4)cccc32)c1.O=S(=O)(NC1CC1)c1cccc(S(=O)(=O)n2ccc3c(N4CCNCC4)cccc32)c1. The number of sulfonamides is 2. The Morgan fingerprint density at radius 1 is 0.541 bits per heavy atom. The largest absolute Gasteiger partial charge is 0.368 e. The molecule has 0 amide bonds. The summed E-state index contributed by atoms with van der Waals surface area (Å²) in [6.45, 7) is 6.92. The van der Waals surface area contributed by atoms with E-state index in [1.807, 2.05) is 24.3 Å². The summed E-state index contributed by atoms with van der Waals surface area (Å²) in [5.41, 5.74) is 3.12. The highest BCUT2D eigenvalue weighted by molar-refractivity contribution is 7.91. The second-order valence-corrected chi connectivity index (χ2v) is 22.8. The van der Waals surface area contributed by atoms with E-state index in [-0.39, 0.29) is 25.6 Å². The van der Waals surface area contributed by atoms with Gasteiger partial charge < -0.3 is 20.4 Å². The highest BCUT2D eigenvalue weighted by atomic mass is 32.2. The smallest absolute Gasteiger partial charge is 0.268 e. The summed E-state index contributed by atoms with van der Waals surface area (Å²) in [6, 6.07) is 25.8. The van der Waals surface area contributed by atoms with Gasteiger partial charge in [-0.1, -0.05) is 24.3 Å². The standard InChI is InChI=1S/C21H24N4O4S2.C20H24N4O4S2/c26-30(27,23-16-7-8-16)17-3-1-4-18(15-17)31(28,29)25-12-9-19-20(5-2-6-21(19)25)24-13-10-22-11-14-24;1-22(2)29(25,26)16-5-3-6-17(15-16)30(27,28)24-12-9-18-19(7-4-8-20(18)24)23-13-10-21-11-14-23/h1-6,9,12,15-16,22-23H,7-8,10-11,13-14H2;3-9,12,15,21H,10-11,13-14H2,1-2H3. The van der Waals surface area contributed by atoms with Gasteiger partial charge in [0.25, 0.3) is 20.0 Å². The minimum absolute atomic E-state index is 0.0431. The van der Waals surface area contributed by atoms with Crippen LogP contribution in [0.25, 0.3) is 21.8 Å². The van der Waals surface area contributed by atoms with Crippen LogP contribution in [-0.2, 0) is 40.1 Å². The van der Waals surface area contributed by atoms with Crippen LogP contribution in [-0.4, -0.2) is 118 Å². The zero-order valence-electron chi connectivity index (χ0n) is 33.7. The van der Waals surface area contributed by atoms with E-state index in [1.165, 1.54) is 83.0 Å². The molecule has 20 heteroatoms. The van der Waals surface area contributed by atoms with Crippen LogP contribution in [0, 0.1) is 0 Å². The first kappa shape index (κ1) is 42.9. The predicted octanol–water partition coefficient (Wildman–Crippen LogP) is 3.27. The highest BCUT2D eigenvalue weighted by Crippen LogP contribution is 2.33. The van der Waals surface area contributed by atoms with Gasteiger partial charge in [0.2, 0.25) is 20.0 Å². The summed E-state index contributed by atoms with van der Waals surface area (Å²) in [7, 11) is -12.6. The Labute approximate surface area is 357 Å². The first-order chi connectivity index (χ1) is 29.1. The third-order valence-corrected chi connectivity index (χ3v) is 17.7. The molecule has 2 saturated heterocycles. The van der Waals surface area contributed by atoms with E-state index in [0.29, 0.717) is 11.0 Å². The molecule has 324 valence electrons. The maximum atomic E-state index is 13.4. The monoisotopic (exact) mass is 908 g/mol. The van der Waals surface area contributed by atoms with Crippen LogP contribution in [0.5, 0.6) is 0 Å². The molecule has 6 aromatic rings. The average molecular weight is 909 g/mol. The Morgan fingerprint density at radius 3 is 1.39 bits per heavy atom. The predicted molar refractivity (Wildman–Crippen MR) is 236 cm³/mol. The first-order valence-corrected chi connectivity index (χ1v) is 25.7. The molecule has 0 radical (unpaired) electrons. The fourth-order valence-corrected chi connectivity index (χ4v) is 12.8. The van der Waals surface area contributed by atoms with Crippen LogP contribution in [0.3, 0.4) is 0 Å². The molecule has 2 aromatic heterocycles. The Bertz CT molecular complexity index is 3040.